The van der Waals surface area contributed by atoms with Crippen LogP contribution in [0.4, 0.5) is 0 Å². The van der Waals surface area contributed by atoms with Crippen LogP contribution in [-0.2, 0) is 29.7 Å². The molecule has 0 amide bonds. The maximum Gasteiger partial charge on any atom is 0.294 e. The maximum atomic E-state index is 10.5. The van der Waals surface area contributed by atoms with Gasteiger partial charge in [-0.2, -0.15) is 16.8 Å². The second-order valence-corrected chi connectivity index (χ2v) is 9.09. The van der Waals surface area contributed by atoms with Crippen molar-refractivity contribution < 1.29 is 45.6 Å². The van der Waals surface area contributed by atoms with Crippen LogP contribution in [0.5, 0.6) is 0 Å². The van der Waals surface area contributed by atoms with Crippen LogP contribution in [0.2, 0.25) is 0 Å². The molecule has 2 aromatic rings. The fourth-order valence-corrected chi connectivity index (χ4v) is 2.83. The van der Waals surface area contributed by atoms with Gasteiger partial charge in [-0.15, -0.1) is 0 Å². The second kappa shape index (κ2) is 15.8. The summed E-state index contributed by atoms with van der Waals surface area (Å²) in [4.78, 5) is -0.133. The average Bonchev–Trinajstić information content (AvgIpc) is 2.71. The molecule has 0 radical (unpaired) electrons. The predicted octanol–water partition coefficient (Wildman–Crippen LogP) is 1.49. The molecule has 0 saturated carbocycles. The van der Waals surface area contributed by atoms with E-state index in [4.69, 9.17) is 28.8 Å². The summed E-state index contributed by atoms with van der Waals surface area (Å²) in [5.41, 5.74) is 1.91. The zero-order valence-corrected chi connectivity index (χ0v) is 19.5. The molecule has 4 N–H and O–H groups in total. The minimum Gasteiger partial charge on any atom is -0.394 e. The van der Waals surface area contributed by atoms with E-state index in [9.17, 15) is 16.8 Å². The van der Waals surface area contributed by atoms with Gasteiger partial charge < -0.3 is 19.7 Å². The Bertz CT molecular complexity index is 873. The molecule has 0 aromatic heterocycles. The Morgan fingerprint density at radius 2 is 0.875 bits per heavy atom. The molecule has 0 unspecified atom stereocenters. The Labute approximate surface area is 188 Å². The van der Waals surface area contributed by atoms with Gasteiger partial charge in [0.2, 0.25) is 0 Å². The summed E-state index contributed by atoms with van der Waals surface area (Å²) < 4.78 is 68.8. The van der Waals surface area contributed by atoms with E-state index in [1.165, 1.54) is 24.3 Å². The summed E-state index contributed by atoms with van der Waals surface area (Å²) in [6, 6.07) is 12.0. The first kappa shape index (κ1) is 30.1. The molecule has 0 bridgehead atoms. The molecule has 0 atom stereocenters. The van der Waals surface area contributed by atoms with E-state index in [0.29, 0.717) is 26.4 Å². The van der Waals surface area contributed by atoms with E-state index in [-0.39, 0.29) is 23.0 Å². The summed E-state index contributed by atoms with van der Waals surface area (Å²) in [6.07, 6.45) is 0. The molecule has 182 valence electrons. The van der Waals surface area contributed by atoms with Crippen molar-refractivity contribution >= 4 is 20.2 Å². The number of hydrogen-bond acceptors (Lipinski definition) is 8. The fourth-order valence-electron chi connectivity index (χ4n) is 1.87. The van der Waals surface area contributed by atoms with E-state index < -0.39 is 20.2 Å². The Kier molecular flexibility index (Phi) is 14.9. The molecule has 32 heavy (non-hydrogen) atoms. The number of rotatable bonds is 9. The van der Waals surface area contributed by atoms with Gasteiger partial charge in [-0.05, 0) is 38.1 Å². The van der Waals surface area contributed by atoms with E-state index in [0.717, 1.165) is 11.1 Å². The summed E-state index contributed by atoms with van der Waals surface area (Å²) in [6.45, 7) is 5.41. The summed E-state index contributed by atoms with van der Waals surface area (Å²) in [5.74, 6) is 0. The smallest absolute Gasteiger partial charge is 0.294 e. The first-order chi connectivity index (χ1) is 14.9. The van der Waals surface area contributed by atoms with E-state index in [1.807, 2.05) is 13.8 Å². The highest BCUT2D eigenvalue weighted by Gasteiger charge is 2.07. The fraction of sp³-hybridized carbons (Fsp3) is 0.400. The summed E-state index contributed by atoms with van der Waals surface area (Å²) in [7, 11) is -8.04. The molecule has 10 nitrogen and oxygen atoms in total. The van der Waals surface area contributed by atoms with E-state index >= 15 is 0 Å². The van der Waals surface area contributed by atoms with Crippen molar-refractivity contribution in [2.75, 3.05) is 39.6 Å². The van der Waals surface area contributed by atoms with Crippen molar-refractivity contribution in [2.24, 2.45) is 0 Å². The quantitative estimate of drug-likeness (QED) is 0.296. The summed E-state index contributed by atoms with van der Waals surface area (Å²) in [5, 5.41) is 16.5. The van der Waals surface area contributed by atoms with Gasteiger partial charge in [-0.25, -0.2) is 0 Å². The number of aliphatic hydroxyl groups excluding tert-OH is 2. The molecular weight excluding hydrogens is 464 g/mol. The SMILES string of the molecule is Cc1ccc(S(=O)(=O)O)cc1.Cc1ccc(S(=O)(=O)O)cc1.OCCOCCOCCO. The van der Waals surface area contributed by atoms with Gasteiger partial charge >= 0.3 is 0 Å². The number of aliphatic hydroxyl groups is 2. The Hall–Kier alpha value is -1.90. The maximum absolute atomic E-state index is 10.5. The zero-order chi connectivity index (χ0) is 24.6. The lowest BCUT2D eigenvalue weighted by molar-refractivity contribution is 0.0222. The van der Waals surface area contributed by atoms with Crippen molar-refractivity contribution in [3.63, 3.8) is 0 Å². The largest absolute Gasteiger partial charge is 0.394 e. The molecule has 0 aliphatic carbocycles. The third kappa shape index (κ3) is 15.0. The molecule has 0 aliphatic rings. The van der Waals surface area contributed by atoms with Crippen LogP contribution in [-0.4, -0.2) is 75.8 Å². The number of ether oxygens (including phenoxy) is 2. The normalized spacial score (nSPS) is 11.1. The van der Waals surface area contributed by atoms with Crippen LogP contribution in [0.1, 0.15) is 11.1 Å². The monoisotopic (exact) mass is 494 g/mol. The Balaban J connectivity index is 0.000000452. The van der Waals surface area contributed by atoms with E-state index in [2.05, 4.69) is 0 Å². The minimum absolute atomic E-state index is 0.0417. The molecule has 0 spiro atoms. The third-order valence-corrected chi connectivity index (χ3v) is 5.22. The predicted molar refractivity (Wildman–Crippen MR) is 118 cm³/mol. The number of aryl methyl sites for hydroxylation is 2. The van der Waals surface area contributed by atoms with Crippen molar-refractivity contribution in [3.8, 4) is 0 Å². The molecule has 0 fully saturated rings. The molecule has 0 aliphatic heterocycles. The molecule has 2 rings (SSSR count). The van der Waals surface area contributed by atoms with Gasteiger partial charge in [-0.3, -0.25) is 9.11 Å². The highest BCUT2D eigenvalue weighted by molar-refractivity contribution is 7.86. The molecule has 0 saturated heterocycles. The van der Waals surface area contributed by atoms with Crippen LogP contribution in [0, 0.1) is 13.8 Å². The Morgan fingerprint density at radius 3 is 1.09 bits per heavy atom. The molecule has 12 heteroatoms. The van der Waals surface area contributed by atoms with Crippen molar-refractivity contribution in [3.05, 3.63) is 59.7 Å². The van der Waals surface area contributed by atoms with Crippen LogP contribution in [0.3, 0.4) is 0 Å². The number of benzene rings is 2. The minimum atomic E-state index is -4.02. The zero-order valence-electron chi connectivity index (χ0n) is 17.9. The Morgan fingerprint density at radius 1 is 0.594 bits per heavy atom. The first-order valence-corrected chi connectivity index (χ1v) is 12.3. The van der Waals surface area contributed by atoms with Gasteiger partial charge in [0.1, 0.15) is 0 Å². The molecular formula is C20H30O10S2. The van der Waals surface area contributed by atoms with Crippen LogP contribution in [0.15, 0.2) is 58.3 Å². The van der Waals surface area contributed by atoms with Gasteiger partial charge in [0.05, 0.1) is 49.4 Å². The van der Waals surface area contributed by atoms with Crippen LogP contribution >= 0.6 is 0 Å². The lowest BCUT2D eigenvalue weighted by atomic mass is 10.2. The molecule has 0 heterocycles. The lowest BCUT2D eigenvalue weighted by Gasteiger charge is -2.01. The standard InChI is InChI=1S/2C7H8O3S.C6H14O4/c2*1-6-2-4-7(5-3-6)11(8,9)10;7-1-3-9-5-6-10-4-2-8/h2*2-5H,1H3,(H,8,9,10);7-8H,1-6H2. The van der Waals surface area contributed by atoms with Gasteiger partial charge in [-0.1, -0.05) is 35.4 Å². The van der Waals surface area contributed by atoms with Crippen molar-refractivity contribution in [2.45, 2.75) is 23.6 Å². The van der Waals surface area contributed by atoms with Gasteiger partial charge in [0.15, 0.2) is 0 Å². The average molecular weight is 495 g/mol. The van der Waals surface area contributed by atoms with Crippen LogP contribution in [0.25, 0.3) is 0 Å². The number of hydrogen-bond donors (Lipinski definition) is 4. The second-order valence-electron chi connectivity index (χ2n) is 6.25. The third-order valence-electron chi connectivity index (χ3n) is 3.48. The summed E-state index contributed by atoms with van der Waals surface area (Å²) >= 11 is 0. The van der Waals surface area contributed by atoms with Gasteiger partial charge in [0, 0.05) is 0 Å². The first-order valence-electron chi connectivity index (χ1n) is 9.37. The van der Waals surface area contributed by atoms with Crippen LogP contribution < -0.4 is 0 Å². The highest BCUT2D eigenvalue weighted by Crippen LogP contribution is 2.09. The molecule has 2 aromatic carbocycles. The van der Waals surface area contributed by atoms with Gasteiger partial charge in [0.25, 0.3) is 20.2 Å². The lowest BCUT2D eigenvalue weighted by Crippen LogP contribution is -2.09. The topological polar surface area (TPSA) is 168 Å². The highest BCUT2D eigenvalue weighted by atomic mass is 32.2. The van der Waals surface area contributed by atoms with Crippen molar-refractivity contribution in [1.29, 1.82) is 0 Å². The van der Waals surface area contributed by atoms with Crippen molar-refractivity contribution in [1.82, 2.24) is 0 Å². The van der Waals surface area contributed by atoms with E-state index in [1.54, 1.807) is 24.3 Å².